The fourth-order valence-electron chi connectivity index (χ4n) is 3.66. The zero-order chi connectivity index (χ0) is 21.5. The molecule has 1 unspecified atom stereocenters. The number of nitrogens with one attached hydrogen (secondary N) is 1. The van der Waals surface area contributed by atoms with Crippen molar-refractivity contribution < 1.29 is 22.8 Å². The molecule has 8 heteroatoms. The minimum absolute atomic E-state index is 0.0330. The van der Waals surface area contributed by atoms with Gasteiger partial charge in [0, 0.05) is 29.7 Å². The number of fused-ring (bicyclic) bond motifs is 1. The summed E-state index contributed by atoms with van der Waals surface area (Å²) in [6, 6.07) is 8.26. The molecule has 2 aliphatic rings. The van der Waals surface area contributed by atoms with Crippen LogP contribution in [0.1, 0.15) is 59.3 Å². The van der Waals surface area contributed by atoms with Crippen LogP contribution in [0.2, 0.25) is 0 Å². The molecule has 1 aliphatic heterocycles. The summed E-state index contributed by atoms with van der Waals surface area (Å²) in [5, 5.41) is 2.84. The normalized spacial score (nSPS) is 17.1. The topological polar surface area (TPSA) is 62.3 Å². The number of nitrogens with zero attached hydrogens (tertiary/aromatic N) is 2. The Kier molecular flexibility index (Phi) is 5.26. The Morgan fingerprint density at radius 1 is 1.23 bits per heavy atom. The summed E-state index contributed by atoms with van der Waals surface area (Å²) in [5.74, 6) is 0.243. The highest BCUT2D eigenvalue weighted by Gasteiger charge is 2.35. The number of amides is 2. The van der Waals surface area contributed by atoms with Crippen LogP contribution >= 0.6 is 0 Å². The lowest BCUT2D eigenvalue weighted by Crippen LogP contribution is -2.27. The average Bonchev–Trinajstić information content (AvgIpc) is 3.50. The number of anilines is 1. The lowest BCUT2D eigenvalue weighted by molar-refractivity contribution is -0.134. The van der Waals surface area contributed by atoms with Gasteiger partial charge < -0.3 is 10.2 Å². The Hall–Kier alpha value is -2.90. The van der Waals surface area contributed by atoms with Crippen molar-refractivity contribution >= 4 is 17.6 Å². The van der Waals surface area contributed by atoms with Crippen molar-refractivity contribution in [1.29, 1.82) is 0 Å². The molecule has 2 amide bonds. The van der Waals surface area contributed by atoms with Gasteiger partial charge in [0.15, 0.2) is 0 Å². The second kappa shape index (κ2) is 7.74. The maximum Gasteiger partial charge on any atom is 0.389 e. The molecule has 0 bridgehead atoms. The molecule has 1 aliphatic carbocycles. The van der Waals surface area contributed by atoms with Gasteiger partial charge in [0.2, 0.25) is 5.91 Å². The molecule has 0 radical (unpaired) electrons. The molecule has 5 nitrogen and oxygen atoms in total. The predicted molar refractivity (Wildman–Crippen MR) is 105 cm³/mol. The van der Waals surface area contributed by atoms with Gasteiger partial charge in [0.05, 0.1) is 12.6 Å². The maximum absolute atomic E-state index is 12.9. The van der Waals surface area contributed by atoms with E-state index < -0.39 is 12.6 Å². The molecule has 2 aromatic rings. The van der Waals surface area contributed by atoms with Gasteiger partial charge >= 0.3 is 6.18 Å². The second-order valence-electron chi connectivity index (χ2n) is 7.91. The summed E-state index contributed by atoms with van der Waals surface area (Å²) in [4.78, 5) is 31.0. The largest absolute Gasteiger partial charge is 0.389 e. The van der Waals surface area contributed by atoms with Gasteiger partial charge in [-0.15, -0.1) is 0 Å². The van der Waals surface area contributed by atoms with E-state index in [4.69, 9.17) is 0 Å². The summed E-state index contributed by atoms with van der Waals surface area (Å²) >= 11 is 0. The zero-order valence-corrected chi connectivity index (χ0v) is 16.5. The van der Waals surface area contributed by atoms with Crippen molar-refractivity contribution in [2.24, 2.45) is 5.92 Å². The van der Waals surface area contributed by atoms with E-state index in [1.165, 1.54) is 6.20 Å². The van der Waals surface area contributed by atoms with Crippen LogP contribution in [0.5, 0.6) is 0 Å². The van der Waals surface area contributed by atoms with E-state index in [1.54, 1.807) is 35.2 Å². The monoisotopic (exact) mass is 417 g/mol. The van der Waals surface area contributed by atoms with E-state index >= 15 is 0 Å². The van der Waals surface area contributed by atoms with Crippen molar-refractivity contribution in [2.45, 2.75) is 51.4 Å². The number of hydrogen-bond donors (Lipinski definition) is 1. The van der Waals surface area contributed by atoms with Gasteiger partial charge in [-0.25, -0.2) is 4.98 Å². The number of aryl methyl sites for hydroxylation is 1. The van der Waals surface area contributed by atoms with E-state index in [1.807, 2.05) is 6.92 Å². The highest BCUT2D eigenvalue weighted by atomic mass is 19.4. The Labute approximate surface area is 172 Å². The molecular formula is C22H22F3N3O2. The molecule has 2 heterocycles. The van der Waals surface area contributed by atoms with Crippen LogP contribution in [0.15, 0.2) is 36.5 Å². The van der Waals surface area contributed by atoms with Crippen LogP contribution in [-0.2, 0) is 17.8 Å². The van der Waals surface area contributed by atoms with E-state index in [0.29, 0.717) is 29.1 Å². The van der Waals surface area contributed by atoms with Gasteiger partial charge in [0.25, 0.3) is 5.91 Å². The Morgan fingerprint density at radius 2 is 1.93 bits per heavy atom. The van der Waals surface area contributed by atoms with Crippen molar-refractivity contribution in [1.82, 2.24) is 9.88 Å². The molecule has 1 N–H and O–H groups in total. The first-order chi connectivity index (χ1) is 14.2. The van der Waals surface area contributed by atoms with Crippen LogP contribution in [0.4, 0.5) is 19.0 Å². The fourth-order valence-corrected chi connectivity index (χ4v) is 3.66. The lowest BCUT2D eigenvalue weighted by atomic mass is 10.0. The third-order valence-corrected chi connectivity index (χ3v) is 5.69. The first-order valence-electron chi connectivity index (χ1n) is 9.98. The van der Waals surface area contributed by atoms with E-state index in [9.17, 15) is 22.8 Å². The molecule has 0 spiro atoms. The average molecular weight is 417 g/mol. The Bertz CT molecular complexity index is 969. The van der Waals surface area contributed by atoms with E-state index in [2.05, 4.69) is 10.3 Å². The van der Waals surface area contributed by atoms with Crippen molar-refractivity contribution in [3.63, 3.8) is 0 Å². The molecule has 0 saturated heterocycles. The number of rotatable bonds is 6. The molecule has 1 fully saturated rings. The molecule has 4 rings (SSSR count). The fraction of sp³-hybridized carbons (Fsp3) is 0.409. The van der Waals surface area contributed by atoms with E-state index in [-0.39, 0.29) is 30.2 Å². The SMILES string of the molecule is CC(c1ccc(CCC(F)(F)F)cc1)N1Cc2c(ccnc2NC(=O)C2CC2)C1=O. The van der Waals surface area contributed by atoms with Crippen LogP contribution < -0.4 is 5.32 Å². The maximum atomic E-state index is 12.9. The quantitative estimate of drug-likeness (QED) is 0.745. The highest BCUT2D eigenvalue weighted by Crippen LogP contribution is 2.35. The zero-order valence-electron chi connectivity index (χ0n) is 16.5. The van der Waals surface area contributed by atoms with Gasteiger partial charge in [-0.2, -0.15) is 13.2 Å². The van der Waals surface area contributed by atoms with Gasteiger partial charge in [0.1, 0.15) is 5.82 Å². The summed E-state index contributed by atoms with van der Waals surface area (Å²) in [6.45, 7) is 2.20. The Balaban J connectivity index is 1.47. The first-order valence-corrected chi connectivity index (χ1v) is 9.98. The molecule has 1 aromatic carbocycles. The molecule has 30 heavy (non-hydrogen) atoms. The molecule has 1 aromatic heterocycles. The van der Waals surface area contributed by atoms with Crippen molar-refractivity contribution in [3.8, 4) is 0 Å². The second-order valence-corrected chi connectivity index (χ2v) is 7.91. The van der Waals surface area contributed by atoms with E-state index in [0.717, 1.165) is 18.4 Å². The highest BCUT2D eigenvalue weighted by molar-refractivity contribution is 6.02. The summed E-state index contributed by atoms with van der Waals surface area (Å²) in [6.07, 6.45) is -1.83. The number of aromatic nitrogens is 1. The third-order valence-electron chi connectivity index (χ3n) is 5.69. The lowest BCUT2D eigenvalue weighted by Gasteiger charge is -2.25. The molecule has 1 saturated carbocycles. The molecular weight excluding hydrogens is 395 g/mol. The smallest absolute Gasteiger partial charge is 0.327 e. The number of carbonyl (C=O) groups excluding carboxylic acids is 2. The number of hydrogen-bond acceptors (Lipinski definition) is 3. The minimum atomic E-state index is -4.18. The van der Waals surface area contributed by atoms with Crippen LogP contribution in [-0.4, -0.2) is 27.9 Å². The number of benzene rings is 1. The van der Waals surface area contributed by atoms with Crippen molar-refractivity contribution in [3.05, 3.63) is 58.8 Å². The molecule has 158 valence electrons. The van der Waals surface area contributed by atoms with Crippen LogP contribution in [0.25, 0.3) is 0 Å². The number of halogens is 3. The molecule has 1 atom stereocenters. The van der Waals surface area contributed by atoms with Gasteiger partial charge in [-0.05, 0) is 43.4 Å². The number of carbonyl (C=O) groups is 2. The van der Waals surface area contributed by atoms with Gasteiger partial charge in [-0.1, -0.05) is 24.3 Å². The van der Waals surface area contributed by atoms with Crippen LogP contribution in [0.3, 0.4) is 0 Å². The summed E-state index contributed by atoms with van der Waals surface area (Å²) < 4.78 is 37.2. The number of alkyl halides is 3. The number of pyridine rings is 1. The predicted octanol–water partition coefficient (Wildman–Crippen LogP) is 4.64. The minimum Gasteiger partial charge on any atom is -0.327 e. The summed E-state index contributed by atoms with van der Waals surface area (Å²) in [5.41, 5.74) is 2.66. The van der Waals surface area contributed by atoms with Crippen LogP contribution in [0, 0.1) is 5.92 Å². The third kappa shape index (κ3) is 4.32. The van der Waals surface area contributed by atoms with Crippen molar-refractivity contribution in [2.75, 3.05) is 5.32 Å². The Morgan fingerprint density at radius 3 is 2.57 bits per heavy atom. The first kappa shape index (κ1) is 20.4. The summed E-state index contributed by atoms with van der Waals surface area (Å²) in [7, 11) is 0. The van der Waals surface area contributed by atoms with Gasteiger partial charge in [-0.3, -0.25) is 9.59 Å². The standard InChI is InChI=1S/C22H22F3N3O2/c1-13(15-4-2-14(3-5-15)8-10-22(23,24)25)28-12-18-17(21(28)30)9-11-26-19(18)27-20(29)16-6-7-16/h2-5,9,11,13,16H,6-8,10,12H2,1H3,(H,26,27,29).